The number of likely N-dealkylation sites (N-methyl/N-ethyl adjacent to an activating group) is 1. The first-order chi connectivity index (χ1) is 8.45. The molecule has 0 unspecified atom stereocenters. The number of hydrogen-bond donors (Lipinski definition) is 2. The second-order valence-electron chi connectivity index (χ2n) is 4.15. The highest BCUT2D eigenvalue weighted by molar-refractivity contribution is 5.87. The van der Waals surface area contributed by atoms with Crippen molar-refractivity contribution in [2.24, 2.45) is 0 Å². The van der Waals surface area contributed by atoms with Crippen LogP contribution in [0.3, 0.4) is 0 Å². The molecular formula is C11H18N2O5. The molecular weight excluding hydrogens is 240 g/mol. The number of rotatable bonds is 5. The van der Waals surface area contributed by atoms with Crippen molar-refractivity contribution in [3.05, 3.63) is 0 Å². The van der Waals surface area contributed by atoms with Gasteiger partial charge in [0, 0.05) is 13.6 Å². The van der Waals surface area contributed by atoms with E-state index in [9.17, 15) is 14.4 Å². The number of carbonyl (C=O) groups is 3. The molecule has 0 spiro atoms. The van der Waals surface area contributed by atoms with Crippen LogP contribution in [0.1, 0.15) is 19.8 Å². The van der Waals surface area contributed by atoms with E-state index in [2.05, 4.69) is 5.32 Å². The van der Waals surface area contributed by atoms with Crippen LogP contribution in [0.2, 0.25) is 0 Å². The Morgan fingerprint density at radius 2 is 1.94 bits per heavy atom. The minimum Gasteiger partial charge on any atom is -0.479 e. The third-order valence-electron chi connectivity index (χ3n) is 2.90. The van der Waals surface area contributed by atoms with Gasteiger partial charge in [0.15, 0.2) is 6.10 Å². The van der Waals surface area contributed by atoms with Crippen molar-refractivity contribution >= 4 is 17.8 Å². The molecule has 0 saturated carbocycles. The van der Waals surface area contributed by atoms with Gasteiger partial charge in [-0.2, -0.15) is 0 Å². The molecule has 0 aromatic heterocycles. The van der Waals surface area contributed by atoms with Crippen LogP contribution < -0.4 is 5.32 Å². The average Bonchev–Trinajstić information content (AvgIpc) is 2.84. The van der Waals surface area contributed by atoms with E-state index in [1.807, 2.05) is 6.92 Å². The van der Waals surface area contributed by atoms with Gasteiger partial charge in [-0.1, -0.05) is 0 Å². The molecule has 2 atom stereocenters. The molecule has 0 aromatic rings. The Morgan fingerprint density at radius 3 is 2.44 bits per heavy atom. The normalized spacial score (nSPS) is 22.6. The van der Waals surface area contributed by atoms with Gasteiger partial charge in [0.25, 0.3) is 0 Å². The van der Waals surface area contributed by atoms with Gasteiger partial charge in [-0.3, -0.25) is 9.59 Å². The highest BCUT2D eigenvalue weighted by Gasteiger charge is 2.34. The van der Waals surface area contributed by atoms with Crippen LogP contribution >= 0.6 is 0 Å². The zero-order chi connectivity index (χ0) is 13.7. The lowest BCUT2D eigenvalue weighted by Crippen LogP contribution is -2.42. The standard InChI is InChI=1S/C11H18N2O5/c1-3-13(2)9(14)6-12-10(15)7-4-5-8(18-7)11(16)17/h7-8H,3-6H2,1-2H3,(H,12,15)(H,16,17)/t7-,8+/m0/s1. The topological polar surface area (TPSA) is 95.9 Å². The minimum absolute atomic E-state index is 0.0965. The molecule has 1 heterocycles. The van der Waals surface area contributed by atoms with Crippen molar-refractivity contribution in [1.82, 2.24) is 10.2 Å². The predicted octanol–water partition coefficient (Wildman–Crippen LogP) is -0.787. The summed E-state index contributed by atoms with van der Waals surface area (Å²) in [5.41, 5.74) is 0. The Balaban J connectivity index is 2.34. The summed E-state index contributed by atoms with van der Waals surface area (Å²) < 4.78 is 5.07. The number of aliphatic carboxylic acids is 1. The molecule has 2 amide bonds. The molecule has 1 aliphatic heterocycles. The molecule has 1 aliphatic rings. The second-order valence-corrected chi connectivity index (χ2v) is 4.15. The van der Waals surface area contributed by atoms with E-state index in [1.54, 1.807) is 7.05 Å². The van der Waals surface area contributed by atoms with Gasteiger partial charge in [-0.15, -0.1) is 0 Å². The summed E-state index contributed by atoms with van der Waals surface area (Å²) in [7, 11) is 1.64. The number of hydrogen-bond acceptors (Lipinski definition) is 4. The van der Waals surface area contributed by atoms with Crippen LogP contribution in [0.5, 0.6) is 0 Å². The van der Waals surface area contributed by atoms with Crippen molar-refractivity contribution in [2.75, 3.05) is 20.1 Å². The number of ether oxygens (including phenoxy) is 1. The highest BCUT2D eigenvalue weighted by atomic mass is 16.5. The Morgan fingerprint density at radius 1 is 1.33 bits per heavy atom. The first kappa shape index (κ1) is 14.4. The van der Waals surface area contributed by atoms with Gasteiger partial charge >= 0.3 is 5.97 Å². The quantitative estimate of drug-likeness (QED) is 0.674. The Hall–Kier alpha value is -1.63. The maximum Gasteiger partial charge on any atom is 0.332 e. The molecule has 2 N–H and O–H groups in total. The molecule has 1 rings (SSSR count). The smallest absolute Gasteiger partial charge is 0.332 e. The van der Waals surface area contributed by atoms with Gasteiger partial charge < -0.3 is 20.1 Å². The summed E-state index contributed by atoms with van der Waals surface area (Å²) in [6.07, 6.45) is -1.02. The zero-order valence-corrected chi connectivity index (χ0v) is 10.5. The molecule has 1 saturated heterocycles. The molecule has 7 heteroatoms. The largest absolute Gasteiger partial charge is 0.479 e. The highest BCUT2D eigenvalue weighted by Crippen LogP contribution is 2.19. The molecule has 102 valence electrons. The van der Waals surface area contributed by atoms with E-state index in [4.69, 9.17) is 9.84 Å². The van der Waals surface area contributed by atoms with E-state index in [0.29, 0.717) is 19.4 Å². The monoisotopic (exact) mass is 258 g/mol. The van der Waals surface area contributed by atoms with E-state index < -0.39 is 24.1 Å². The van der Waals surface area contributed by atoms with Crippen LogP contribution in [0, 0.1) is 0 Å². The number of carboxylic acid groups (broad SMARTS) is 1. The fourth-order valence-corrected chi connectivity index (χ4v) is 1.60. The van der Waals surface area contributed by atoms with Crippen molar-refractivity contribution in [3.63, 3.8) is 0 Å². The maximum absolute atomic E-state index is 11.6. The SMILES string of the molecule is CCN(C)C(=O)CNC(=O)[C@@H]1CC[C@H](C(=O)O)O1. The summed E-state index contributed by atoms with van der Waals surface area (Å²) in [4.78, 5) is 35.2. The Kier molecular flexibility index (Phi) is 5.08. The van der Waals surface area contributed by atoms with Crippen molar-refractivity contribution in [2.45, 2.75) is 32.0 Å². The van der Waals surface area contributed by atoms with Crippen LogP contribution in [0.15, 0.2) is 0 Å². The van der Waals surface area contributed by atoms with E-state index in [0.717, 1.165) is 0 Å². The van der Waals surface area contributed by atoms with Crippen LogP contribution in [0.4, 0.5) is 0 Å². The summed E-state index contributed by atoms with van der Waals surface area (Å²) >= 11 is 0. The van der Waals surface area contributed by atoms with E-state index in [1.165, 1.54) is 4.90 Å². The molecule has 1 fully saturated rings. The lowest BCUT2D eigenvalue weighted by molar-refractivity contribution is -0.152. The third-order valence-corrected chi connectivity index (χ3v) is 2.90. The first-order valence-electron chi connectivity index (χ1n) is 5.85. The third kappa shape index (κ3) is 3.69. The lowest BCUT2D eigenvalue weighted by Gasteiger charge is -2.16. The predicted molar refractivity (Wildman–Crippen MR) is 61.9 cm³/mol. The van der Waals surface area contributed by atoms with Crippen molar-refractivity contribution in [1.29, 1.82) is 0 Å². The number of carboxylic acids is 1. The first-order valence-corrected chi connectivity index (χ1v) is 5.85. The van der Waals surface area contributed by atoms with Gasteiger partial charge in [0.2, 0.25) is 11.8 Å². The molecule has 0 bridgehead atoms. The molecule has 0 radical (unpaired) electrons. The summed E-state index contributed by atoms with van der Waals surface area (Å²) in [5, 5.41) is 11.2. The van der Waals surface area contributed by atoms with Crippen molar-refractivity contribution in [3.8, 4) is 0 Å². The van der Waals surface area contributed by atoms with Crippen LogP contribution in [-0.4, -0.2) is 60.1 Å². The zero-order valence-electron chi connectivity index (χ0n) is 10.5. The summed E-state index contributed by atoms with van der Waals surface area (Å²) in [6, 6.07) is 0. The van der Waals surface area contributed by atoms with Gasteiger partial charge in [0.05, 0.1) is 6.54 Å². The average molecular weight is 258 g/mol. The Bertz CT molecular complexity index is 344. The van der Waals surface area contributed by atoms with Crippen LogP contribution in [0.25, 0.3) is 0 Å². The van der Waals surface area contributed by atoms with Crippen LogP contribution in [-0.2, 0) is 19.1 Å². The Labute approximate surface area is 105 Å². The number of carbonyl (C=O) groups excluding carboxylic acids is 2. The summed E-state index contributed by atoms with van der Waals surface area (Å²) in [6.45, 7) is 2.30. The lowest BCUT2D eigenvalue weighted by atomic mass is 10.2. The van der Waals surface area contributed by atoms with Crippen molar-refractivity contribution < 1.29 is 24.2 Å². The van der Waals surface area contributed by atoms with Gasteiger partial charge in [-0.25, -0.2) is 4.79 Å². The molecule has 0 aromatic carbocycles. The minimum atomic E-state index is -1.06. The van der Waals surface area contributed by atoms with Gasteiger partial charge in [0.1, 0.15) is 6.10 Å². The molecule has 0 aliphatic carbocycles. The second kappa shape index (κ2) is 6.34. The number of nitrogens with one attached hydrogen (secondary N) is 1. The van der Waals surface area contributed by atoms with E-state index in [-0.39, 0.29) is 12.5 Å². The number of nitrogens with zero attached hydrogens (tertiary/aromatic N) is 1. The summed E-state index contributed by atoms with van der Waals surface area (Å²) in [5.74, 6) is -1.69. The fourth-order valence-electron chi connectivity index (χ4n) is 1.60. The van der Waals surface area contributed by atoms with E-state index >= 15 is 0 Å². The molecule has 18 heavy (non-hydrogen) atoms. The number of amides is 2. The van der Waals surface area contributed by atoms with Gasteiger partial charge in [-0.05, 0) is 19.8 Å². The fraction of sp³-hybridized carbons (Fsp3) is 0.727. The molecule has 7 nitrogen and oxygen atoms in total. The maximum atomic E-state index is 11.6.